The number of rotatable bonds is 3. The van der Waals surface area contributed by atoms with Gasteiger partial charge in [0, 0.05) is 17.4 Å². The second-order valence-electron chi connectivity index (χ2n) is 3.68. The predicted molar refractivity (Wildman–Crippen MR) is 61.5 cm³/mol. The number of hydrogen-bond donors (Lipinski definition) is 0. The van der Waals surface area contributed by atoms with Crippen LogP contribution in [0.15, 0.2) is 35.5 Å². The van der Waals surface area contributed by atoms with Crippen molar-refractivity contribution in [2.24, 2.45) is 0 Å². The van der Waals surface area contributed by atoms with Crippen molar-refractivity contribution < 1.29 is 9.36 Å². The molecule has 2 rings (SSSR count). The number of allylic oxidation sites excluding steroid dienone is 2. The number of thioether (sulfide) groups is 1. The molecule has 0 aromatic carbocycles. The van der Waals surface area contributed by atoms with Crippen LogP contribution in [0.3, 0.4) is 0 Å². The van der Waals surface area contributed by atoms with Crippen LogP contribution < -0.4 is 4.57 Å². The van der Waals surface area contributed by atoms with Gasteiger partial charge in [-0.1, -0.05) is 6.08 Å². The van der Waals surface area contributed by atoms with Crippen molar-refractivity contribution in [2.75, 3.05) is 5.75 Å². The topological polar surface area (TPSA) is 20.9 Å². The van der Waals surface area contributed by atoms with Gasteiger partial charge in [0.05, 0.1) is 4.91 Å². The number of aromatic nitrogens is 1. The van der Waals surface area contributed by atoms with Crippen LogP contribution in [0.5, 0.6) is 0 Å². The van der Waals surface area contributed by atoms with Crippen LogP contribution in [0, 0.1) is 6.92 Å². The fraction of sp³-hybridized carbons (Fsp3) is 0.333. The smallest absolute Gasteiger partial charge is 0.233 e. The van der Waals surface area contributed by atoms with Crippen molar-refractivity contribution in [1.82, 2.24) is 0 Å². The highest BCUT2D eigenvalue weighted by Crippen LogP contribution is 2.25. The second-order valence-corrected chi connectivity index (χ2v) is 4.82. The summed E-state index contributed by atoms with van der Waals surface area (Å²) in [5.74, 6) is 1.28. The molecule has 0 spiro atoms. The molecule has 2 heterocycles. The summed E-state index contributed by atoms with van der Waals surface area (Å²) >= 11 is 1.67. The molecule has 0 saturated heterocycles. The van der Waals surface area contributed by atoms with Crippen LogP contribution in [0.1, 0.15) is 12.0 Å². The minimum absolute atomic E-state index is 0.230. The number of pyridine rings is 1. The molecule has 0 aliphatic carbocycles. The summed E-state index contributed by atoms with van der Waals surface area (Å²) < 4.78 is 1.94. The zero-order chi connectivity index (χ0) is 10.7. The lowest BCUT2D eigenvalue weighted by atomic mass is 10.3. The molecule has 0 atom stereocenters. The van der Waals surface area contributed by atoms with Gasteiger partial charge in [-0.25, -0.2) is 0 Å². The third kappa shape index (κ3) is 2.69. The summed E-state index contributed by atoms with van der Waals surface area (Å²) in [6.07, 6.45) is 7.01. The zero-order valence-electron chi connectivity index (χ0n) is 8.77. The maximum atomic E-state index is 11.8. The monoisotopic (exact) mass is 220 g/mol. The second kappa shape index (κ2) is 4.62. The first kappa shape index (κ1) is 10.4. The first-order valence-electron chi connectivity index (χ1n) is 5.07. The third-order valence-corrected chi connectivity index (χ3v) is 3.46. The average molecular weight is 220 g/mol. The summed E-state index contributed by atoms with van der Waals surface area (Å²) in [6, 6.07) is 4.00. The van der Waals surface area contributed by atoms with Crippen molar-refractivity contribution in [2.45, 2.75) is 19.9 Å². The summed E-state index contributed by atoms with van der Waals surface area (Å²) in [4.78, 5) is 12.8. The van der Waals surface area contributed by atoms with Crippen LogP contribution in [-0.2, 0) is 11.3 Å². The van der Waals surface area contributed by atoms with Gasteiger partial charge >= 0.3 is 0 Å². The van der Waals surface area contributed by atoms with Gasteiger partial charge in [0.1, 0.15) is 0 Å². The lowest BCUT2D eigenvalue weighted by molar-refractivity contribution is -0.684. The Bertz CT molecular complexity index is 412. The molecule has 0 fully saturated rings. The third-order valence-electron chi connectivity index (χ3n) is 2.31. The molecule has 1 aliphatic heterocycles. The Morgan fingerprint density at radius 3 is 3.13 bits per heavy atom. The van der Waals surface area contributed by atoms with E-state index in [1.165, 1.54) is 5.56 Å². The van der Waals surface area contributed by atoms with Gasteiger partial charge in [-0.05, 0) is 19.4 Å². The predicted octanol–water partition coefficient (Wildman–Crippen LogP) is 1.87. The van der Waals surface area contributed by atoms with Gasteiger partial charge in [-0.3, -0.25) is 4.79 Å². The van der Waals surface area contributed by atoms with E-state index in [0.717, 1.165) is 17.1 Å². The molecule has 3 heteroatoms. The normalized spacial score (nSPS) is 15.1. The van der Waals surface area contributed by atoms with Crippen molar-refractivity contribution in [1.29, 1.82) is 0 Å². The Morgan fingerprint density at radius 1 is 1.60 bits per heavy atom. The SMILES string of the molecule is Cc1ccc[n+](CC(=O)C2=CCCS2)c1. The number of carbonyl (C=O) groups is 1. The van der Waals surface area contributed by atoms with E-state index >= 15 is 0 Å². The molecule has 78 valence electrons. The van der Waals surface area contributed by atoms with Gasteiger partial charge in [0.15, 0.2) is 12.4 Å². The summed E-state index contributed by atoms with van der Waals surface area (Å²) in [5, 5.41) is 0. The highest BCUT2D eigenvalue weighted by Gasteiger charge is 2.17. The van der Waals surface area contributed by atoms with Crippen LogP contribution in [-0.4, -0.2) is 11.5 Å². The van der Waals surface area contributed by atoms with Gasteiger partial charge in [0.2, 0.25) is 12.3 Å². The number of carbonyl (C=O) groups excluding carboxylic acids is 1. The molecule has 1 aromatic heterocycles. The van der Waals surface area contributed by atoms with Gasteiger partial charge in [-0.2, -0.15) is 4.57 Å². The fourth-order valence-electron chi connectivity index (χ4n) is 1.61. The van der Waals surface area contributed by atoms with Crippen molar-refractivity contribution >= 4 is 17.5 Å². The van der Waals surface area contributed by atoms with E-state index in [9.17, 15) is 4.79 Å². The number of Topliss-reactive ketones (excluding diaryl/α,β-unsaturated/α-hetero) is 1. The van der Waals surface area contributed by atoms with Crippen LogP contribution in [0.4, 0.5) is 0 Å². The summed E-state index contributed by atoms with van der Waals surface area (Å²) in [6.45, 7) is 2.49. The van der Waals surface area contributed by atoms with Crippen molar-refractivity contribution in [3.05, 3.63) is 41.1 Å². The molecular formula is C12H14NOS+. The minimum Gasteiger partial charge on any atom is -0.286 e. The maximum absolute atomic E-state index is 11.8. The van der Waals surface area contributed by atoms with E-state index in [2.05, 4.69) is 0 Å². The Morgan fingerprint density at radius 2 is 2.47 bits per heavy atom. The Kier molecular flexibility index (Phi) is 3.21. The lowest BCUT2D eigenvalue weighted by Crippen LogP contribution is -2.37. The number of ketones is 1. The Hall–Kier alpha value is -1.09. The van der Waals surface area contributed by atoms with E-state index in [1.54, 1.807) is 11.8 Å². The average Bonchev–Trinajstić information content (AvgIpc) is 2.70. The Balaban J connectivity index is 2.05. The van der Waals surface area contributed by atoms with Crippen LogP contribution in [0.25, 0.3) is 0 Å². The van der Waals surface area contributed by atoms with E-state index < -0.39 is 0 Å². The number of nitrogens with zero attached hydrogens (tertiary/aromatic N) is 1. The van der Waals surface area contributed by atoms with Crippen LogP contribution in [0.2, 0.25) is 0 Å². The standard InChI is InChI=1S/C12H14NOS/c1-10-4-2-6-13(8-10)9-11(14)12-5-3-7-15-12/h2,4-6,8H,3,7,9H2,1H3/q+1. The molecule has 1 aliphatic rings. The van der Waals surface area contributed by atoms with Crippen molar-refractivity contribution in [3.8, 4) is 0 Å². The zero-order valence-corrected chi connectivity index (χ0v) is 9.59. The molecule has 1 aromatic rings. The first-order valence-corrected chi connectivity index (χ1v) is 6.06. The van der Waals surface area contributed by atoms with Gasteiger partial charge in [-0.15, -0.1) is 11.8 Å². The highest BCUT2D eigenvalue weighted by molar-refractivity contribution is 8.04. The van der Waals surface area contributed by atoms with E-state index in [0.29, 0.717) is 6.54 Å². The quantitative estimate of drug-likeness (QED) is 0.725. The molecule has 0 N–H and O–H groups in total. The van der Waals surface area contributed by atoms with Crippen molar-refractivity contribution in [3.63, 3.8) is 0 Å². The fourth-order valence-corrected chi connectivity index (χ4v) is 2.52. The summed E-state index contributed by atoms with van der Waals surface area (Å²) in [7, 11) is 0. The Labute approximate surface area is 94.0 Å². The van der Waals surface area contributed by atoms with Gasteiger partial charge < -0.3 is 0 Å². The van der Waals surface area contributed by atoms with Gasteiger partial charge in [0.25, 0.3) is 0 Å². The minimum atomic E-state index is 0.230. The first-order chi connectivity index (χ1) is 7.25. The largest absolute Gasteiger partial charge is 0.286 e. The molecule has 0 bridgehead atoms. The lowest BCUT2D eigenvalue weighted by Gasteiger charge is -1.98. The molecule has 2 nitrogen and oxygen atoms in total. The van der Waals surface area contributed by atoms with E-state index in [1.807, 2.05) is 42.1 Å². The number of aryl methyl sites for hydroxylation is 1. The highest BCUT2D eigenvalue weighted by atomic mass is 32.2. The molecule has 0 unspecified atom stereocenters. The van der Waals surface area contributed by atoms with E-state index in [-0.39, 0.29) is 5.78 Å². The molecule has 0 saturated carbocycles. The number of hydrogen-bond acceptors (Lipinski definition) is 2. The molecule has 15 heavy (non-hydrogen) atoms. The maximum Gasteiger partial charge on any atom is 0.233 e. The van der Waals surface area contributed by atoms with E-state index in [4.69, 9.17) is 0 Å². The molecule has 0 amide bonds. The molecule has 0 radical (unpaired) electrons. The molecular weight excluding hydrogens is 206 g/mol. The summed E-state index contributed by atoms with van der Waals surface area (Å²) in [5.41, 5.74) is 1.18. The van der Waals surface area contributed by atoms with Crippen LogP contribution >= 0.6 is 11.8 Å².